The highest BCUT2D eigenvalue weighted by Crippen LogP contribution is 2.42. The highest BCUT2D eigenvalue weighted by Gasteiger charge is 2.25. The van der Waals surface area contributed by atoms with Gasteiger partial charge in [0, 0.05) is 5.39 Å². The number of rotatable bonds is 6. The Morgan fingerprint density at radius 2 is 1.26 bits per heavy atom. The Labute approximate surface area is 269 Å². The Kier molecular flexibility index (Phi) is 6.83. The molecule has 224 valence electrons. The van der Waals surface area contributed by atoms with Crippen LogP contribution < -0.4 is 0 Å². The maximum absolute atomic E-state index is 6.25. The summed E-state index contributed by atoms with van der Waals surface area (Å²) in [6.45, 7) is 9.17. The monoisotopic (exact) mass is 596 g/mol. The maximum Gasteiger partial charge on any atom is 0.149 e. The van der Waals surface area contributed by atoms with Crippen molar-refractivity contribution < 1.29 is 4.42 Å². The smallest absolute Gasteiger partial charge is 0.149 e. The zero-order valence-electron chi connectivity index (χ0n) is 26.7. The molecule has 46 heavy (non-hydrogen) atoms. The van der Waals surface area contributed by atoms with Crippen molar-refractivity contribution in [2.24, 2.45) is 0 Å². The van der Waals surface area contributed by atoms with Crippen molar-refractivity contribution in [1.29, 1.82) is 0 Å². The second-order valence-corrected chi connectivity index (χ2v) is 12.8. The topological polar surface area (TPSA) is 31.0 Å². The predicted octanol–water partition coefficient (Wildman–Crippen LogP) is 12.2. The molecular weight excluding hydrogens is 560 g/mol. The molecule has 0 bridgehead atoms. The van der Waals surface area contributed by atoms with E-state index in [1.165, 1.54) is 44.3 Å². The van der Waals surface area contributed by atoms with Crippen LogP contribution in [0.5, 0.6) is 0 Å². The van der Waals surface area contributed by atoms with Gasteiger partial charge in [-0.3, -0.25) is 4.57 Å². The van der Waals surface area contributed by atoms with E-state index in [9.17, 15) is 0 Å². The minimum atomic E-state index is 0.296. The van der Waals surface area contributed by atoms with Gasteiger partial charge < -0.3 is 4.42 Å². The molecule has 0 N–H and O–H groups in total. The van der Waals surface area contributed by atoms with Crippen LogP contribution in [-0.4, -0.2) is 9.55 Å². The first-order valence-electron chi connectivity index (χ1n) is 16.2. The molecule has 0 unspecified atom stereocenters. The van der Waals surface area contributed by atoms with Gasteiger partial charge in [0.05, 0.1) is 22.3 Å². The fourth-order valence-electron chi connectivity index (χ4n) is 6.90. The van der Waals surface area contributed by atoms with Crippen molar-refractivity contribution >= 4 is 32.8 Å². The molecule has 0 radical (unpaired) electrons. The summed E-state index contributed by atoms with van der Waals surface area (Å²) < 4.78 is 8.64. The van der Waals surface area contributed by atoms with E-state index in [2.05, 4.69) is 160 Å². The lowest BCUT2D eigenvalue weighted by atomic mass is 9.88. The van der Waals surface area contributed by atoms with Crippen LogP contribution in [0.25, 0.3) is 72.1 Å². The Morgan fingerprint density at radius 3 is 2.04 bits per heavy atom. The molecule has 0 saturated carbocycles. The van der Waals surface area contributed by atoms with Crippen LogP contribution in [0.4, 0.5) is 0 Å². The molecule has 8 aromatic rings. The predicted molar refractivity (Wildman–Crippen MR) is 193 cm³/mol. The van der Waals surface area contributed by atoms with E-state index in [1.807, 2.05) is 6.26 Å². The van der Waals surface area contributed by atoms with Crippen LogP contribution in [-0.2, 0) is 0 Å². The number of benzene rings is 6. The molecule has 0 aliphatic carbocycles. The molecule has 3 heteroatoms. The minimum absolute atomic E-state index is 0.296. The van der Waals surface area contributed by atoms with Gasteiger partial charge in [-0.15, -0.1) is 0 Å². The minimum Gasteiger partial charge on any atom is -0.464 e. The summed E-state index contributed by atoms with van der Waals surface area (Å²) in [6.07, 6.45) is 1.89. The molecule has 0 atom stereocenters. The molecule has 6 aromatic carbocycles. The Morgan fingerprint density at radius 1 is 0.565 bits per heavy atom. The Balaban J connectivity index is 1.41. The van der Waals surface area contributed by atoms with Gasteiger partial charge in [-0.2, -0.15) is 0 Å². The summed E-state index contributed by atoms with van der Waals surface area (Å²) in [4.78, 5) is 5.32. The second kappa shape index (κ2) is 11.2. The number of para-hydroxylation sites is 2. The fourth-order valence-corrected chi connectivity index (χ4v) is 6.90. The summed E-state index contributed by atoms with van der Waals surface area (Å²) in [5, 5.41) is 3.53. The molecule has 0 aliphatic heterocycles. The van der Waals surface area contributed by atoms with Gasteiger partial charge in [0.25, 0.3) is 0 Å². The molecule has 0 saturated heterocycles. The maximum atomic E-state index is 6.25. The van der Waals surface area contributed by atoms with Crippen molar-refractivity contribution in [3.05, 3.63) is 145 Å². The largest absolute Gasteiger partial charge is 0.464 e. The molecular formula is C43H36N2O. The molecule has 3 nitrogen and oxygen atoms in total. The van der Waals surface area contributed by atoms with Gasteiger partial charge in [-0.25, -0.2) is 4.98 Å². The fraction of sp³-hybridized carbons (Fsp3) is 0.140. The average Bonchev–Trinajstić information content (AvgIpc) is 3.68. The molecule has 0 spiro atoms. The zero-order chi connectivity index (χ0) is 31.4. The number of nitrogens with zero attached hydrogens (tertiary/aromatic N) is 2. The highest BCUT2D eigenvalue weighted by molar-refractivity contribution is 6.02. The van der Waals surface area contributed by atoms with Gasteiger partial charge in [-0.05, 0) is 92.4 Å². The SMILES string of the molecule is CC(C)c1cc(-c2ccccc2)cc(C(C)C)c1-n1c(-c2coc3ccc(-c4cccc5ccccc45)cc23)nc2ccccc21. The third-order valence-corrected chi connectivity index (χ3v) is 9.22. The van der Waals surface area contributed by atoms with E-state index < -0.39 is 0 Å². The average molecular weight is 597 g/mol. The number of hydrogen-bond donors (Lipinski definition) is 0. The third-order valence-electron chi connectivity index (χ3n) is 9.22. The van der Waals surface area contributed by atoms with Crippen molar-refractivity contribution in [3.63, 3.8) is 0 Å². The van der Waals surface area contributed by atoms with Gasteiger partial charge in [0.2, 0.25) is 0 Å². The molecule has 0 amide bonds. The van der Waals surface area contributed by atoms with Crippen LogP contribution in [0.2, 0.25) is 0 Å². The summed E-state index contributed by atoms with van der Waals surface area (Å²) in [6, 6.07) is 45.6. The normalized spacial score (nSPS) is 11.9. The zero-order valence-corrected chi connectivity index (χ0v) is 26.7. The molecule has 2 heterocycles. The third kappa shape index (κ3) is 4.62. The second-order valence-electron chi connectivity index (χ2n) is 12.8. The quantitative estimate of drug-likeness (QED) is 0.191. The standard InChI is InChI=1S/C43H36N2O/c1-27(2)35-24-32(29-13-6-5-7-14-29)25-36(28(3)4)42(35)45-40-20-11-10-19-39(40)44-43(45)38-26-46-41-22-21-31(23-37(38)41)34-18-12-16-30-15-8-9-17-33(30)34/h5-28H,1-4H3. The van der Waals surface area contributed by atoms with E-state index in [4.69, 9.17) is 9.40 Å². The summed E-state index contributed by atoms with van der Waals surface area (Å²) in [5.74, 6) is 1.49. The van der Waals surface area contributed by atoms with Crippen molar-refractivity contribution in [2.75, 3.05) is 0 Å². The number of imidazole rings is 1. The van der Waals surface area contributed by atoms with E-state index in [0.29, 0.717) is 11.8 Å². The Bertz CT molecular complexity index is 2340. The van der Waals surface area contributed by atoms with Gasteiger partial charge in [0.15, 0.2) is 0 Å². The van der Waals surface area contributed by atoms with E-state index in [1.54, 1.807) is 0 Å². The van der Waals surface area contributed by atoms with E-state index in [-0.39, 0.29) is 0 Å². The van der Waals surface area contributed by atoms with Gasteiger partial charge in [0.1, 0.15) is 17.7 Å². The van der Waals surface area contributed by atoms with Crippen molar-refractivity contribution in [2.45, 2.75) is 39.5 Å². The van der Waals surface area contributed by atoms with Crippen LogP contribution in [0.15, 0.2) is 138 Å². The molecule has 0 fully saturated rings. The van der Waals surface area contributed by atoms with Gasteiger partial charge in [-0.1, -0.05) is 119 Å². The lowest BCUT2D eigenvalue weighted by molar-refractivity contribution is 0.616. The molecule has 8 rings (SSSR count). The molecule has 0 aliphatic rings. The number of furan rings is 1. The first-order valence-corrected chi connectivity index (χ1v) is 16.2. The molecule has 2 aromatic heterocycles. The summed E-state index contributed by atoms with van der Waals surface area (Å²) in [5.41, 5.74) is 12.6. The van der Waals surface area contributed by atoms with Crippen LogP contribution >= 0.6 is 0 Å². The first kappa shape index (κ1) is 28.1. The summed E-state index contributed by atoms with van der Waals surface area (Å²) >= 11 is 0. The van der Waals surface area contributed by atoms with Crippen LogP contribution in [0.3, 0.4) is 0 Å². The van der Waals surface area contributed by atoms with Crippen molar-refractivity contribution in [1.82, 2.24) is 9.55 Å². The van der Waals surface area contributed by atoms with Crippen molar-refractivity contribution in [3.8, 4) is 39.3 Å². The number of hydrogen-bond acceptors (Lipinski definition) is 2. The number of fused-ring (bicyclic) bond motifs is 3. The lowest BCUT2D eigenvalue weighted by Gasteiger charge is -2.24. The first-order chi connectivity index (χ1) is 22.5. The van der Waals surface area contributed by atoms with E-state index in [0.717, 1.165) is 39.0 Å². The van der Waals surface area contributed by atoms with Crippen LogP contribution in [0.1, 0.15) is 50.7 Å². The Hall–Kier alpha value is -5.41. The highest BCUT2D eigenvalue weighted by atomic mass is 16.3. The van der Waals surface area contributed by atoms with E-state index >= 15 is 0 Å². The van der Waals surface area contributed by atoms with Crippen LogP contribution in [0, 0.1) is 0 Å². The lowest BCUT2D eigenvalue weighted by Crippen LogP contribution is -2.09. The van der Waals surface area contributed by atoms with Gasteiger partial charge >= 0.3 is 0 Å². The number of aromatic nitrogens is 2. The summed E-state index contributed by atoms with van der Waals surface area (Å²) in [7, 11) is 0.